The molecule has 5 rings (SSSR count). The van der Waals surface area contributed by atoms with Crippen molar-refractivity contribution in [1.82, 2.24) is 14.9 Å². The molecular formula is C23H23FN4. The summed E-state index contributed by atoms with van der Waals surface area (Å²) < 4.78 is 14.1. The molecule has 2 aromatic heterocycles. The van der Waals surface area contributed by atoms with Crippen molar-refractivity contribution in [2.75, 3.05) is 24.5 Å². The van der Waals surface area contributed by atoms with E-state index in [4.69, 9.17) is 4.98 Å². The van der Waals surface area contributed by atoms with E-state index in [9.17, 15) is 4.39 Å². The summed E-state index contributed by atoms with van der Waals surface area (Å²) in [4.78, 5) is 13.8. The Labute approximate surface area is 164 Å². The summed E-state index contributed by atoms with van der Waals surface area (Å²) >= 11 is 0. The molecule has 1 spiro atoms. The van der Waals surface area contributed by atoms with E-state index in [2.05, 4.69) is 26.9 Å². The third-order valence-corrected chi connectivity index (χ3v) is 6.00. The number of benzene rings is 1. The Morgan fingerprint density at radius 2 is 1.86 bits per heavy atom. The Morgan fingerprint density at radius 1 is 0.964 bits per heavy atom. The van der Waals surface area contributed by atoms with Gasteiger partial charge in [-0.15, -0.1) is 0 Å². The van der Waals surface area contributed by atoms with Crippen LogP contribution in [-0.4, -0.2) is 34.5 Å². The van der Waals surface area contributed by atoms with Gasteiger partial charge in [-0.1, -0.05) is 24.3 Å². The SMILES string of the molecule is Fc1ccccc1CN1CC[C@]2(C1)CN(Cc1cccnc1)c1cccnc12. The number of anilines is 1. The van der Waals surface area contributed by atoms with Gasteiger partial charge >= 0.3 is 0 Å². The van der Waals surface area contributed by atoms with Gasteiger partial charge in [0.25, 0.3) is 0 Å². The number of likely N-dealkylation sites (tertiary alicyclic amines) is 1. The van der Waals surface area contributed by atoms with Crippen molar-refractivity contribution in [2.45, 2.75) is 24.9 Å². The first kappa shape index (κ1) is 17.3. The number of hydrogen-bond donors (Lipinski definition) is 0. The molecule has 0 saturated carbocycles. The minimum Gasteiger partial charge on any atom is -0.365 e. The molecule has 2 aliphatic rings. The molecule has 0 N–H and O–H groups in total. The molecule has 0 aliphatic carbocycles. The largest absolute Gasteiger partial charge is 0.365 e. The molecule has 28 heavy (non-hydrogen) atoms. The molecule has 1 saturated heterocycles. The zero-order valence-corrected chi connectivity index (χ0v) is 15.8. The first-order chi connectivity index (χ1) is 13.7. The van der Waals surface area contributed by atoms with Crippen molar-refractivity contribution >= 4 is 5.69 Å². The van der Waals surface area contributed by atoms with E-state index in [1.165, 1.54) is 16.9 Å². The second-order valence-corrected chi connectivity index (χ2v) is 7.92. The van der Waals surface area contributed by atoms with Gasteiger partial charge in [0.2, 0.25) is 0 Å². The van der Waals surface area contributed by atoms with Crippen LogP contribution < -0.4 is 4.90 Å². The topological polar surface area (TPSA) is 32.3 Å². The van der Waals surface area contributed by atoms with Crippen molar-refractivity contribution in [1.29, 1.82) is 0 Å². The summed E-state index contributed by atoms with van der Waals surface area (Å²) in [5, 5.41) is 0. The van der Waals surface area contributed by atoms with Crippen molar-refractivity contribution in [3.8, 4) is 0 Å². The van der Waals surface area contributed by atoms with Crippen LogP contribution in [0.2, 0.25) is 0 Å². The zero-order chi connectivity index (χ0) is 19.0. The minimum atomic E-state index is -0.119. The number of halogens is 1. The molecule has 2 aliphatic heterocycles. The van der Waals surface area contributed by atoms with Gasteiger partial charge < -0.3 is 4.90 Å². The summed E-state index contributed by atoms with van der Waals surface area (Å²) in [6.45, 7) is 4.31. The molecule has 1 fully saturated rings. The van der Waals surface area contributed by atoms with E-state index in [1.54, 1.807) is 12.1 Å². The van der Waals surface area contributed by atoms with Gasteiger partial charge in [-0.2, -0.15) is 0 Å². The van der Waals surface area contributed by atoms with Crippen LogP contribution >= 0.6 is 0 Å². The second-order valence-electron chi connectivity index (χ2n) is 7.92. The lowest BCUT2D eigenvalue weighted by Crippen LogP contribution is -2.36. The van der Waals surface area contributed by atoms with E-state index in [1.807, 2.05) is 42.9 Å². The Hall–Kier alpha value is -2.79. The molecular weight excluding hydrogens is 351 g/mol. The van der Waals surface area contributed by atoms with Gasteiger partial charge in [-0.05, 0) is 42.8 Å². The lowest BCUT2D eigenvalue weighted by Gasteiger charge is -2.26. The van der Waals surface area contributed by atoms with E-state index < -0.39 is 0 Å². The average molecular weight is 374 g/mol. The predicted molar refractivity (Wildman–Crippen MR) is 107 cm³/mol. The maximum Gasteiger partial charge on any atom is 0.127 e. The van der Waals surface area contributed by atoms with Crippen LogP contribution in [0.4, 0.5) is 10.1 Å². The van der Waals surface area contributed by atoms with E-state index in [0.717, 1.165) is 38.2 Å². The lowest BCUT2D eigenvalue weighted by atomic mass is 9.85. The fourth-order valence-corrected chi connectivity index (χ4v) is 4.72. The normalized spacial score (nSPS) is 21.4. The van der Waals surface area contributed by atoms with Crippen molar-refractivity contribution < 1.29 is 4.39 Å². The molecule has 1 aromatic carbocycles. The second kappa shape index (κ2) is 6.99. The molecule has 4 heterocycles. The van der Waals surface area contributed by atoms with Gasteiger partial charge in [0.05, 0.1) is 11.4 Å². The standard InChI is InChI=1S/C23H23FN4/c24-20-7-2-1-6-19(20)15-27-12-9-23(16-27)17-28(14-18-5-3-10-25-13-18)21-8-4-11-26-22(21)23/h1-8,10-11,13H,9,12,14-17H2/t23-/m0/s1. The Morgan fingerprint density at radius 3 is 2.71 bits per heavy atom. The Balaban J connectivity index is 1.39. The number of rotatable bonds is 4. The van der Waals surface area contributed by atoms with Crippen molar-refractivity contribution in [2.24, 2.45) is 0 Å². The molecule has 0 amide bonds. The quantitative estimate of drug-likeness (QED) is 0.696. The first-order valence-corrected chi connectivity index (χ1v) is 9.79. The molecule has 0 unspecified atom stereocenters. The average Bonchev–Trinajstić information content (AvgIpc) is 3.26. The molecule has 1 atom stereocenters. The highest BCUT2D eigenvalue weighted by Crippen LogP contribution is 2.45. The third kappa shape index (κ3) is 3.06. The fourth-order valence-electron chi connectivity index (χ4n) is 4.72. The van der Waals surface area contributed by atoms with Crippen LogP contribution in [0.1, 0.15) is 23.2 Å². The lowest BCUT2D eigenvalue weighted by molar-refractivity contribution is 0.300. The molecule has 4 nitrogen and oxygen atoms in total. The van der Waals surface area contributed by atoms with Gasteiger partial charge in [0, 0.05) is 55.7 Å². The summed E-state index contributed by atoms with van der Waals surface area (Å²) in [5.74, 6) is -0.119. The zero-order valence-electron chi connectivity index (χ0n) is 15.8. The van der Waals surface area contributed by atoms with Gasteiger partial charge in [-0.25, -0.2) is 4.39 Å². The highest BCUT2D eigenvalue weighted by atomic mass is 19.1. The first-order valence-electron chi connectivity index (χ1n) is 9.79. The van der Waals surface area contributed by atoms with E-state index >= 15 is 0 Å². The highest BCUT2D eigenvalue weighted by Gasteiger charge is 2.48. The fraction of sp³-hybridized carbons (Fsp3) is 0.304. The number of pyridine rings is 2. The maximum atomic E-state index is 14.1. The van der Waals surface area contributed by atoms with Gasteiger partial charge in [0.1, 0.15) is 5.82 Å². The van der Waals surface area contributed by atoms with Crippen molar-refractivity contribution in [3.63, 3.8) is 0 Å². The van der Waals surface area contributed by atoms with Crippen LogP contribution in [0.3, 0.4) is 0 Å². The minimum absolute atomic E-state index is 0.0179. The summed E-state index contributed by atoms with van der Waals surface area (Å²) in [6, 6.07) is 15.4. The molecule has 3 aromatic rings. The summed E-state index contributed by atoms with van der Waals surface area (Å²) in [7, 11) is 0. The molecule has 0 radical (unpaired) electrons. The molecule has 142 valence electrons. The van der Waals surface area contributed by atoms with Crippen LogP contribution in [-0.2, 0) is 18.5 Å². The summed E-state index contributed by atoms with van der Waals surface area (Å²) in [5.41, 5.74) is 4.40. The highest BCUT2D eigenvalue weighted by molar-refractivity contribution is 5.60. The predicted octanol–water partition coefficient (Wildman–Crippen LogP) is 3.78. The number of nitrogens with zero attached hydrogens (tertiary/aromatic N) is 4. The van der Waals surface area contributed by atoms with Crippen LogP contribution in [0.25, 0.3) is 0 Å². The smallest absolute Gasteiger partial charge is 0.127 e. The third-order valence-electron chi connectivity index (χ3n) is 6.00. The monoisotopic (exact) mass is 374 g/mol. The number of hydrogen-bond acceptors (Lipinski definition) is 4. The molecule has 0 bridgehead atoms. The maximum absolute atomic E-state index is 14.1. The summed E-state index contributed by atoms with van der Waals surface area (Å²) in [6.07, 6.45) is 6.69. The Kier molecular flexibility index (Phi) is 4.32. The number of aromatic nitrogens is 2. The van der Waals surface area contributed by atoms with Crippen LogP contribution in [0, 0.1) is 5.82 Å². The van der Waals surface area contributed by atoms with Crippen molar-refractivity contribution in [3.05, 3.63) is 89.8 Å². The van der Waals surface area contributed by atoms with E-state index in [-0.39, 0.29) is 11.2 Å². The van der Waals surface area contributed by atoms with Gasteiger partial charge in [0.15, 0.2) is 0 Å². The van der Waals surface area contributed by atoms with E-state index in [0.29, 0.717) is 6.54 Å². The Bertz CT molecular complexity index is 977. The number of fused-ring (bicyclic) bond motifs is 2. The van der Waals surface area contributed by atoms with Crippen LogP contribution in [0.5, 0.6) is 0 Å². The molecule has 5 heteroatoms. The van der Waals surface area contributed by atoms with Crippen LogP contribution in [0.15, 0.2) is 67.1 Å². The van der Waals surface area contributed by atoms with Gasteiger partial charge in [-0.3, -0.25) is 14.9 Å².